The average molecular weight is 532 g/mol. The minimum Gasteiger partial charge on any atom is -0.494 e. The molecule has 200 valence electrons. The van der Waals surface area contributed by atoms with E-state index in [-0.39, 0.29) is 29.7 Å². The van der Waals surface area contributed by atoms with Crippen LogP contribution < -0.4 is 15.0 Å². The molecule has 13 heteroatoms. The van der Waals surface area contributed by atoms with Crippen LogP contribution in [0.25, 0.3) is 28.7 Å². The van der Waals surface area contributed by atoms with Crippen molar-refractivity contribution in [3.63, 3.8) is 0 Å². The second-order valence-corrected chi connectivity index (χ2v) is 8.39. The highest BCUT2D eigenvalue weighted by Gasteiger charge is 2.27. The molecule has 4 heterocycles. The van der Waals surface area contributed by atoms with Crippen molar-refractivity contribution in [3.05, 3.63) is 70.6 Å². The Morgan fingerprint density at radius 1 is 1.00 bits per heavy atom. The summed E-state index contributed by atoms with van der Waals surface area (Å²) in [5, 5.41) is 23.4. The number of rotatable bonds is 10. The smallest absolute Gasteiger partial charge is 0.289 e. The van der Waals surface area contributed by atoms with Gasteiger partial charge in [0, 0.05) is 12.6 Å². The van der Waals surface area contributed by atoms with E-state index < -0.39 is 11.4 Å². The molecule has 0 amide bonds. The molecule has 0 spiro atoms. The van der Waals surface area contributed by atoms with Crippen LogP contribution in [0.15, 0.2) is 56.3 Å². The van der Waals surface area contributed by atoms with Crippen LogP contribution in [0, 0.1) is 0 Å². The first-order valence-electron chi connectivity index (χ1n) is 12.2. The Balaban J connectivity index is 1.55. The maximum absolute atomic E-state index is 13.1. The fourth-order valence-electron chi connectivity index (χ4n) is 4.01. The first-order chi connectivity index (χ1) is 19.0. The van der Waals surface area contributed by atoms with Crippen LogP contribution in [0.4, 0.5) is 0 Å². The molecule has 5 aromatic rings. The van der Waals surface area contributed by atoms with Gasteiger partial charge in [-0.25, -0.2) is 0 Å². The van der Waals surface area contributed by atoms with Crippen molar-refractivity contribution in [3.8, 4) is 46.0 Å². The van der Waals surface area contributed by atoms with Crippen molar-refractivity contribution in [1.82, 2.24) is 34.9 Å². The summed E-state index contributed by atoms with van der Waals surface area (Å²) in [6.45, 7) is 2.02. The molecule has 0 saturated carbocycles. The lowest BCUT2D eigenvalue weighted by Gasteiger charge is -2.20. The zero-order valence-corrected chi connectivity index (χ0v) is 21.5. The highest BCUT2D eigenvalue weighted by molar-refractivity contribution is 5.65. The Morgan fingerprint density at radius 2 is 1.79 bits per heavy atom. The third-order valence-corrected chi connectivity index (χ3v) is 5.86. The molecule has 5 rings (SSSR count). The van der Waals surface area contributed by atoms with Gasteiger partial charge in [0.25, 0.3) is 11.4 Å². The SMILES string of the molecule is CCCCc1nc(=O)c(-c2nnc(Cc3nc(-c4ccccn4)no3)o2)c(O)n1-c1c(OC)cccc1OC. The molecular weight excluding hydrogens is 506 g/mol. The van der Waals surface area contributed by atoms with Crippen molar-refractivity contribution in [2.75, 3.05) is 14.2 Å². The third kappa shape index (κ3) is 5.06. The number of hydrogen-bond donors (Lipinski definition) is 1. The fraction of sp³-hybridized carbons (Fsp3) is 0.269. The lowest BCUT2D eigenvalue weighted by atomic mass is 10.2. The fourth-order valence-corrected chi connectivity index (χ4v) is 4.01. The van der Waals surface area contributed by atoms with Crippen LogP contribution in [-0.4, -0.2) is 54.2 Å². The number of aromatic nitrogens is 7. The lowest BCUT2D eigenvalue weighted by molar-refractivity contribution is 0.372. The van der Waals surface area contributed by atoms with Gasteiger partial charge in [-0.3, -0.25) is 14.3 Å². The van der Waals surface area contributed by atoms with E-state index in [1.54, 1.807) is 36.5 Å². The highest BCUT2D eigenvalue weighted by Crippen LogP contribution is 2.38. The van der Waals surface area contributed by atoms with Gasteiger partial charge in [0.05, 0.1) is 14.2 Å². The van der Waals surface area contributed by atoms with E-state index in [9.17, 15) is 9.90 Å². The van der Waals surface area contributed by atoms with Crippen molar-refractivity contribution >= 4 is 0 Å². The Bertz CT molecular complexity index is 1620. The molecule has 13 nitrogen and oxygen atoms in total. The van der Waals surface area contributed by atoms with Gasteiger partial charge in [0.2, 0.25) is 23.5 Å². The number of para-hydroxylation sites is 1. The first kappa shape index (κ1) is 25.6. The molecule has 0 saturated heterocycles. The maximum Gasteiger partial charge on any atom is 0.289 e. The van der Waals surface area contributed by atoms with E-state index in [0.717, 1.165) is 12.8 Å². The van der Waals surface area contributed by atoms with Crippen LogP contribution in [0.3, 0.4) is 0 Å². The minimum atomic E-state index is -0.714. The van der Waals surface area contributed by atoms with Gasteiger partial charge in [-0.05, 0) is 30.7 Å². The topological polar surface area (TPSA) is 164 Å². The van der Waals surface area contributed by atoms with Crippen molar-refractivity contribution in [2.24, 2.45) is 0 Å². The second kappa shape index (κ2) is 11.1. The van der Waals surface area contributed by atoms with Gasteiger partial charge < -0.3 is 23.5 Å². The number of pyridine rings is 1. The van der Waals surface area contributed by atoms with Gasteiger partial charge in [0.1, 0.15) is 35.1 Å². The molecule has 0 aliphatic rings. The summed E-state index contributed by atoms with van der Waals surface area (Å²) in [6.07, 6.45) is 3.64. The molecule has 0 fully saturated rings. The summed E-state index contributed by atoms with van der Waals surface area (Å²) in [6, 6.07) is 10.5. The molecule has 1 aromatic carbocycles. The number of benzene rings is 1. The van der Waals surface area contributed by atoms with Crippen molar-refractivity contribution in [2.45, 2.75) is 32.6 Å². The zero-order valence-electron chi connectivity index (χ0n) is 21.5. The van der Waals surface area contributed by atoms with Crippen LogP contribution in [0.1, 0.15) is 37.4 Å². The van der Waals surface area contributed by atoms with Crippen molar-refractivity contribution < 1.29 is 23.5 Å². The number of aromatic hydroxyl groups is 1. The standard InChI is InChI=1S/C26H25N7O6/c1-4-5-12-18-28-24(34)21(26(35)33(18)22-16(36-2)10-8-11-17(22)37-3)25-31-30-20(38-25)14-19-29-23(32-39-19)15-9-6-7-13-27-15/h6-11,13,35H,4-5,12,14H2,1-3H3. The monoisotopic (exact) mass is 531 g/mol. The van der Waals surface area contributed by atoms with Gasteiger partial charge in [0.15, 0.2) is 5.56 Å². The van der Waals surface area contributed by atoms with E-state index >= 15 is 0 Å². The third-order valence-electron chi connectivity index (χ3n) is 5.86. The highest BCUT2D eigenvalue weighted by atomic mass is 16.5. The lowest BCUT2D eigenvalue weighted by Crippen LogP contribution is -2.20. The average Bonchev–Trinajstić information content (AvgIpc) is 3.62. The summed E-state index contributed by atoms with van der Waals surface area (Å²) in [5.41, 5.74) is -0.0477. The molecule has 0 aliphatic carbocycles. The predicted octanol–water partition coefficient (Wildman–Crippen LogP) is 3.38. The number of ether oxygens (including phenoxy) is 2. The molecule has 39 heavy (non-hydrogen) atoms. The number of nitrogens with zero attached hydrogens (tertiary/aromatic N) is 7. The van der Waals surface area contributed by atoms with Crippen LogP contribution >= 0.6 is 0 Å². The predicted molar refractivity (Wildman–Crippen MR) is 137 cm³/mol. The minimum absolute atomic E-state index is 0.00410. The van der Waals surface area contributed by atoms with E-state index in [1.807, 2.05) is 13.0 Å². The van der Waals surface area contributed by atoms with E-state index in [4.69, 9.17) is 18.4 Å². The molecular formula is C26H25N7O6. The molecule has 0 atom stereocenters. The molecule has 4 aromatic heterocycles. The van der Waals surface area contributed by atoms with Crippen molar-refractivity contribution in [1.29, 1.82) is 0 Å². The molecule has 0 unspecified atom stereocenters. The number of hydrogen-bond acceptors (Lipinski definition) is 12. The summed E-state index contributed by atoms with van der Waals surface area (Å²) >= 11 is 0. The van der Waals surface area contributed by atoms with Gasteiger partial charge in [-0.1, -0.05) is 30.6 Å². The van der Waals surface area contributed by atoms with E-state index in [1.165, 1.54) is 18.8 Å². The number of methoxy groups -OCH3 is 2. The second-order valence-electron chi connectivity index (χ2n) is 8.39. The molecule has 0 aliphatic heterocycles. The Hall–Kier alpha value is -5.07. The quantitative estimate of drug-likeness (QED) is 0.280. The molecule has 1 N–H and O–H groups in total. The first-order valence-corrected chi connectivity index (χ1v) is 12.2. The van der Waals surface area contributed by atoms with Crippen LogP contribution in [0.2, 0.25) is 0 Å². The van der Waals surface area contributed by atoms with Gasteiger partial charge in [-0.15, -0.1) is 10.2 Å². The van der Waals surface area contributed by atoms with Crippen LogP contribution in [-0.2, 0) is 12.8 Å². The zero-order chi connectivity index (χ0) is 27.4. The summed E-state index contributed by atoms with van der Waals surface area (Å²) in [4.78, 5) is 25.9. The normalized spacial score (nSPS) is 11.1. The van der Waals surface area contributed by atoms with Gasteiger partial charge >= 0.3 is 0 Å². The summed E-state index contributed by atoms with van der Waals surface area (Å²) < 4.78 is 23.5. The Morgan fingerprint density at radius 3 is 2.49 bits per heavy atom. The van der Waals surface area contributed by atoms with Crippen LogP contribution in [0.5, 0.6) is 17.4 Å². The van der Waals surface area contributed by atoms with Gasteiger partial charge in [-0.2, -0.15) is 9.97 Å². The molecule has 0 radical (unpaired) electrons. The molecule has 0 bridgehead atoms. The summed E-state index contributed by atoms with van der Waals surface area (Å²) in [5.74, 6) is 1.11. The number of aryl methyl sites for hydroxylation is 1. The maximum atomic E-state index is 13.1. The number of unbranched alkanes of at least 4 members (excludes halogenated alkanes) is 1. The summed E-state index contributed by atoms with van der Waals surface area (Å²) in [7, 11) is 3.00. The van der Waals surface area contributed by atoms with E-state index in [0.29, 0.717) is 40.9 Å². The Labute approximate surface area is 222 Å². The Kier molecular flexibility index (Phi) is 7.30. The largest absolute Gasteiger partial charge is 0.494 e. The van der Waals surface area contributed by atoms with E-state index in [2.05, 4.69) is 30.3 Å².